The monoisotopic (exact) mass is 665 g/mol. The maximum Gasteiger partial charge on any atom is 0.261 e. The summed E-state index contributed by atoms with van der Waals surface area (Å²) in [6.07, 6.45) is 6.12. The zero-order valence-corrected chi connectivity index (χ0v) is 26.9. The molecular formula is C29H36ClN5O7S2. The van der Waals surface area contributed by atoms with E-state index in [1.807, 2.05) is 12.1 Å². The van der Waals surface area contributed by atoms with Crippen LogP contribution in [0.5, 0.6) is 0 Å². The second kappa shape index (κ2) is 14.2. The lowest BCUT2D eigenvalue weighted by Gasteiger charge is -2.43. The van der Waals surface area contributed by atoms with E-state index in [0.717, 1.165) is 42.4 Å². The van der Waals surface area contributed by atoms with E-state index < -0.39 is 26.2 Å². The third-order valence-electron chi connectivity index (χ3n) is 7.58. The average molecular weight is 666 g/mol. The number of nitrogens with one attached hydrogen (secondary N) is 1. The van der Waals surface area contributed by atoms with Crippen molar-refractivity contribution in [1.29, 1.82) is 0 Å². The Balaban J connectivity index is 0.000000818. The van der Waals surface area contributed by atoms with Gasteiger partial charge in [0.05, 0.1) is 23.7 Å². The summed E-state index contributed by atoms with van der Waals surface area (Å²) in [5.74, 6) is -0.173. The molecule has 5 rings (SSSR count). The minimum Gasteiger partial charge on any atom is -0.371 e. The fourth-order valence-corrected chi connectivity index (χ4v) is 7.07. The Morgan fingerprint density at radius 2 is 1.64 bits per heavy atom. The molecule has 0 spiro atoms. The van der Waals surface area contributed by atoms with Gasteiger partial charge in [-0.15, -0.1) is 0 Å². The van der Waals surface area contributed by atoms with Crippen molar-refractivity contribution in [1.82, 2.24) is 19.5 Å². The molecule has 12 nitrogen and oxygen atoms in total. The van der Waals surface area contributed by atoms with Crippen molar-refractivity contribution in [2.75, 3.05) is 50.4 Å². The van der Waals surface area contributed by atoms with Crippen LogP contribution in [0.3, 0.4) is 0 Å². The number of halogens is 1. The number of anilines is 1. The van der Waals surface area contributed by atoms with E-state index in [-0.39, 0.29) is 36.3 Å². The number of carbonyl (C=O) groups excluding carboxylic acids is 2. The number of piperazine rings is 1. The van der Waals surface area contributed by atoms with Gasteiger partial charge < -0.3 is 15.1 Å². The van der Waals surface area contributed by atoms with Crippen molar-refractivity contribution in [3.8, 4) is 0 Å². The highest BCUT2D eigenvalue weighted by Gasteiger charge is 2.39. The van der Waals surface area contributed by atoms with Crippen LogP contribution in [-0.2, 0) is 29.7 Å². The van der Waals surface area contributed by atoms with Gasteiger partial charge in [-0.25, -0.2) is 8.42 Å². The lowest BCUT2D eigenvalue weighted by Crippen LogP contribution is -2.61. The van der Waals surface area contributed by atoms with E-state index in [1.165, 1.54) is 11.2 Å². The fourth-order valence-electron chi connectivity index (χ4n) is 5.42. The van der Waals surface area contributed by atoms with Crippen LogP contribution in [0, 0.1) is 5.92 Å². The molecule has 15 heteroatoms. The van der Waals surface area contributed by atoms with Gasteiger partial charge in [0, 0.05) is 62.8 Å². The third-order valence-corrected chi connectivity index (χ3v) is 9.63. The number of aromatic nitrogens is 1. The molecule has 3 aromatic rings. The Bertz CT molecular complexity index is 1690. The van der Waals surface area contributed by atoms with Crippen LogP contribution in [-0.4, -0.2) is 99.0 Å². The van der Waals surface area contributed by atoms with Crippen molar-refractivity contribution in [3.63, 3.8) is 0 Å². The zero-order chi connectivity index (χ0) is 32.1. The van der Waals surface area contributed by atoms with Crippen molar-refractivity contribution < 1.29 is 31.0 Å². The van der Waals surface area contributed by atoms with Crippen LogP contribution >= 0.6 is 11.6 Å². The highest BCUT2D eigenvalue weighted by Crippen LogP contribution is 2.28. The maximum absolute atomic E-state index is 13.6. The predicted molar refractivity (Wildman–Crippen MR) is 169 cm³/mol. The van der Waals surface area contributed by atoms with Crippen molar-refractivity contribution in [2.45, 2.75) is 30.7 Å². The summed E-state index contributed by atoms with van der Waals surface area (Å²) >= 11 is 6.07. The first-order valence-corrected chi connectivity index (χ1v) is 17.7. The minimum absolute atomic E-state index is 0.114. The average Bonchev–Trinajstić information content (AvgIpc) is 2.97. The number of hydrogen-bond donors (Lipinski definition) is 2. The molecule has 2 N–H and O–H groups in total. The van der Waals surface area contributed by atoms with Crippen LogP contribution in [0.2, 0.25) is 5.02 Å². The molecule has 44 heavy (non-hydrogen) atoms. The van der Waals surface area contributed by atoms with Gasteiger partial charge in [-0.1, -0.05) is 23.7 Å². The van der Waals surface area contributed by atoms with Crippen molar-refractivity contribution in [3.05, 3.63) is 65.9 Å². The first-order valence-electron chi connectivity index (χ1n) is 14.0. The fraction of sp³-hybridized carbons (Fsp3) is 0.414. The quantitative estimate of drug-likeness (QED) is 0.362. The highest BCUT2D eigenvalue weighted by molar-refractivity contribution is 7.89. The van der Waals surface area contributed by atoms with E-state index in [4.69, 9.17) is 16.2 Å². The van der Waals surface area contributed by atoms with E-state index in [0.29, 0.717) is 23.7 Å². The summed E-state index contributed by atoms with van der Waals surface area (Å²) in [5.41, 5.74) is 1.14. The van der Waals surface area contributed by atoms with Crippen LogP contribution < -0.4 is 10.2 Å². The number of pyridine rings is 1. The minimum atomic E-state index is -3.93. The molecule has 2 saturated heterocycles. The molecule has 2 aliphatic heterocycles. The van der Waals surface area contributed by atoms with Gasteiger partial charge in [0.25, 0.3) is 10.1 Å². The summed E-state index contributed by atoms with van der Waals surface area (Å²) < 4.78 is 54.4. The third kappa shape index (κ3) is 9.11. The van der Waals surface area contributed by atoms with Gasteiger partial charge in [0.1, 0.15) is 0 Å². The summed E-state index contributed by atoms with van der Waals surface area (Å²) in [7, 11) is -7.60. The second-order valence-corrected chi connectivity index (χ2v) is 14.8. The van der Waals surface area contributed by atoms with Crippen molar-refractivity contribution >= 4 is 60.0 Å². The maximum atomic E-state index is 13.6. The van der Waals surface area contributed by atoms with E-state index >= 15 is 0 Å². The number of sulfonamides is 1. The molecule has 1 atom stereocenters. The highest BCUT2D eigenvalue weighted by atomic mass is 35.5. The summed E-state index contributed by atoms with van der Waals surface area (Å²) in [4.78, 5) is 33.4. The molecular weight excluding hydrogens is 630 g/mol. The Kier molecular flexibility index (Phi) is 10.8. The zero-order valence-electron chi connectivity index (χ0n) is 24.5. The topological polar surface area (TPSA) is 157 Å². The largest absolute Gasteiger partial charge is 0.371 e. The van der Waals surface area contributed by atoms with Gasteiger partial charge >= 0.3 is 0 Å². The molecule has 238 valence electrons. The summed E-state index contributed by atoms with van der Waals surface area (Å²) in [5, 5.41) is 4.95. The number of benzene rings is 2. The van der Waals surface area contributed by atoms with Crippen LogP contribution in [0.15, 0.2) is 65.8 Å². The van der Waals surface area contributed by atoms with E-state index in [2.05, 4.69) is 15.2 Å². The number of carbonyl (C=O) groups is 2. The summed E-state index contributed by atoms with van der Waals surface area (Å²) in [6.45, 7) is 3.79. The molecule has 0 bridgehead atoms. The van der Waals surface area contributed by atoms with E-state index in [9.17, 15) is 26.4 Å². The van der Waals surface area contributed by atoms with Gasteiger partial charge in [-0.05, 0) is 65.9 Å². The number of rotatable bonds is 7. The van der Waals surface area contributed by atoms with E-state index in [1.54, 1.807) is 53.7 Å². The van der Waals surface area contributed by atoms with Crippen molar-refractivity contribution in [2.24, 2.45) is 5.92 Å². The molecule has 2 fully saturated rings. The van der Waals surface area contributed by atoms with Crippen LogP contribution in [0.25, 0.3) is 10.8 Å². The van der Waals surface area contributed by atoms with Crippen LogP contribution in [0.1, 0.15) is 19.8 Å². The molecule has 3 heterocycles. The number of amides is 2. The molecule has 0 aliphatic carbocycles. The first-order chi connectivity index (χ1) is 20.7. The Morgan fingerprint density at radius 1 is 1.02 bits per heavy atom. The summed E-state index contributed by atoms with van der Waals surface area (Å²) in [6, 6.07) is 13.7. The molecule has 0 radical (unpaired) electrons. The van der Waals surface area contributed by atoms with Gasteiger partial charge in [-0.2, -0.15) is 12.7 Å². The molecule has 2 aliphatic rings. The van der Waals surface area contributed by atoms with Gasteiger partial charge in [-0.3, -0.25) is 19.1 Å². The number of fused-ring (bicyclic) bond motifs is 1. The molecule has 0 saturated carbocycles. The Labute approximate surface area is 262 Å². The predicted octanol–water partition coefficient (Wildman–Crippen LogP) is 2.65. The Morgan fingerprint density at radius 3 is 2.27 bits per heavy atom. The number of piperidine rings is 1. The Hall–Kier alpha value is -3.30. The normalized spacial score (nSPS) is 18.5. The molecule has 2 amide bonds. The SMILES string of the molecule is CC(=O)NCC1CN(S(=O)(=O)c2ccc3cc(Cl)ccc3c2)CC(=O)N1CC1CCN(c2ccncc2)CC1.CS(=O)(=O)O. The number of nitrogens with zero attached hydrogens (tertiary/aromatic N) is 4. The molecule has 1 unspecified atom stereocenters. The lowest BCUT2D eigenvalue weighted by atomic mass is 9.94. The molecule has 1 aromatic heterocycles. The van der Waals surface area contributed by atoms with Gasteiger partial charge in [0.15, 0.2) is 0 Å². The van der Waals surface area contributed by atoms with Gasteiger partial charge in [0.2, 0.25) is 21.8 Å². The molecule has 2 aromatic carbocycles. The smallest absolute Gasteiger partial charge is 0.261 e. The van der Waals surface area contributed by atoms with Crippen LogP contribution in [0.4, 0.5) is 5.69 Å². The standard InChI is InChI=1S/C28H32ClN5O4S.CH4O3S/c1-20(35)31-16-26-18-33(39(37,38)27-5-3-22-14-24(29)4-2-23(22)15-27)19-28(36)34(26)17-21-8-12-32(13-9-21)25-6-10-30-11-7-25;1-5(2,3)4/h2-7,10-11,14-15,21,26H,8-9,12-13,16-19H2,1H3,(H,31,35);1H3,(H,2,3,4). The lowest BCUT2D eigenvalue weighted by molar-refractivity contribution is -0.139. The first kappa shape index (κ1) is 33.6. The number of hydrogen-bond acceptors (Lipinski definition) is 8. The second-order valence-electron chi connectivity index (χ2n) is 11.0.